The summed E-state index contributed by atoms with van der Waals surface area (Å²) in [5, 5.41) is 17.0. The molecule has 11 heteroatoms. The van der Waals surface area contributed by atoms with Gasteiger partial charge in [-0.25, -0.2) is 0 Å². The van der Waals surface area contributed by atoms with E-state index in [9.17, 15) is 19.5 Å². The molecule has 1 saturated heterocycles. The number of amides is 2. The number of ketones is 1. The van der Waals surface area contributed by atoms with E-state index >= 15 is 0 Å². The summed E-state index contributed by atoms with van der Waals surface area (Å²) in [6, 6.07) is 32.0. The van der Waals surface area contributed by atoms with Gasteiger partial charge < -0.3 is 20.3 Å². The summed E-state index contributed by atoms with van der Waals surface area (Å²) in [6.07, 6.45) is 9.26. The standard InChI is InChI=1S/C22H22ClNO2.C22H23NO2.ClHO2S/c1-15-10-11-17(16-8-4-2-5-9-16)14-18(15)22(23)19(25)21(24-20(22)26)12-6-3-7-13-21;1-15-10-11-17(16-8-4-2-5-9-16)14-18(15)19-20(24)22(23-21(19)25)12-6-3-7-13-22;1-4(2)3/h2,4-5,8-11,14H,3,6-7,12-13H2,1H3,(H,24,26);2,4-5,8-11,14,24H,3,6-7,12-13H2,1H3,(H,23,25);(H,2,3)/p-1. The van der Waals surface area contributed by atoms with Gasteiger partial charge in [0.25, 0.3) is 11.8 Å². The summed E-state index contributed by atoms with van der Waals surface area (Å²) < 4.78 is 17.5. The summed E-state index contributed by atoms with van der Waals surface area (Å²) in [6.45, 7) is 3.89. The maximum atomic E-state index is 13.4. The summed E-state index contributed by atoms with van der Waals surface area (Å²) in [4.78, 5) is 37.4. The van der Waals surface area contributed by atoms with Crippen molar-refractivity contribution in [1.29, 1.82) is 0 Å². The van der Waals surface area contributed by atoms with Crippen molar-refractivity contribution in [3.05, 3.63) is 125 Å². The molecule has 3 N–H and O–H groups in total. The largest absolute Gasteiger partial charge is 0.760 e. The van der Waals surface area contributed by atoms with Gasteiger partial charge in [-0.2, -0.15) is 0 Å². The van der Waals surface area contributed by atoms with E-state index in [-0.39, 0.29) is 23.4 Å². The summed E-state index contributed by atoms with van der Waals surface area (Å²) in [7, 11) is 1.80. The van der Waals surface area contributed by atoms with Crippen molar-refractivity contribution in [2.24, 2.45) is 0 Å². The first kappa shape index (κ1) is 40.4. The predicted octanol–water partition coefficient (Wildman–Crippen LogP) is 9.28. The zero-order valence-corrected chi connectivity index (χ0v) is 33.3. The van der Waals surface area contributed by atoms with Crippen molar-refractivity contribution in [1.82, 2.24) is 10.6 Å². The molecule has 2 amide bonds. The van der Waals surface area contributed by atoms with Gasteiger partial charge in [-0.1, -0.05) is 135 Å². The zero-order valence-electron chi connectivity index (χ0n) is 31.0. The Morgan fingerprint density at radius 1 is 0.655 bits per heavy atom. The summed E-state index contributed by atoms with van der Waals surface area (Å²) in [5.41, 5.74) is 6.57. The maximum absolute atomic E-state index is 13.4. The van der Waals surface area contributed by atoms with Crippen LogP contribution in [0, 0.1) is 13.8 Å². The molecule has 2 heterocycles. The highest BCUT2D eigenvalue weighted by atomic mass is 35.7. The average Bonchev–Trinajstić information content (AvgIpc) is 3.52. The fourth-order valence-electron chi connectivity index (χ4n) is 8.50. The fraction of sp³-hybridized carbons (Fsp3) is 0.341. The first-order valence-corrected chi connectivity index (χ1v) is 21.0. The summed E-state index contributed by atoms with van der Waals surface area (Å²) >= 11 is 6.82. The van der Waals surface area contributed by atoms with Crippen molar-refractivity contribution in [2.45, 2.75) is 94.0 Å². The van der Waals surface area contributed by atoms with Crippen LogP contribution in [0.25, 0.3) is 27.8 Å². The number of hydrogen-bond acceptors (Lipinski definition) is 6. The third-order valence-electron chi connectivity index (χ3n) is 11.4. The quantitative estimate of drug-likeness (QED) is 0.0815. The minimum Gasteiger partial charge on any atom is -0.760 e. The van der Waals surface area contributed by atoms with E-state index in [0.717, 1.165) is 83.9 Å². The summed E-state index contributed by atoms with van der Waals surface area (Å²) in [5.74, 6) is -0.456. The number of alkyl halides is 1. The van der Waals surface area contributed by atoms with Crippen LogP contribution in [0.3, 0.4) is 0 Å². The van der Waals surface area contributed by atoms with Gasteiger partial charge in [0.15, 0.2) is 5.78 Å². The lowest BCUT2D eigenvalue weighted by Gasteiger charge is -2.33. The molecule has 3 fully saturated rings. The van der Waals surface area contributed by atoms with Crippen LogP contribution in [0.5, 0.6) is 0 Å². The molecule has 288 valence electrons. The molecule has 4 aromatic carbocycles. The molecule has 2 saturated carbocycles. The Bertz CT molecular complexity index is 2120. The highest BCUT2D eigenvalue weighted by Gasteiger charge is 2.62. The van der Waals surface area contributed by atoms with Crippen LogP contribution in [-0.2, 0) is 29.6 Å². The zero-order chi connectivity index (χ0) is 39.4. The lowest BCUT2D eigenvalue weighted by molar-refractivity contribution is -0.127. The Balaban J connectivity index is 0.000000171. The Hall–Kier alpha value is -4.28. The number of hydrogen-bond donors (Lipinski definition) is 3. The van der Waals surface area contributed by atoms with E-state index in [4.69, 9.17) is 20.4 Å². The van der Waals surface area contributed by atoms with Crippen molar-refractivity contribution in [2.75, 3.05) is 0 Å². The minimum absolute atomic E-state index is 0.146. The van der Waals surface area contributed by atoms with Gasteiger partial charge in [0, 0.05) is 10.3 Å². The average molecular weight is 801 g/mol. The van der Waals surface area contributed by atoms with Crippen LogP contribution in [-0.4, -0.2) is 42.5 Å². The molecular weight excluding hydrogens is 755 g/mol. The molecule has 0 aromatic heterocycles. The number of nitrogens with one attached hydrogen (secondary N) is 2. The lowest BCUT2D eigenvalue weighted by atomic mass is 9.76. The molecular formula is C44H45Cl2N2O6S-. The Morgan fingerprint density at radius 3 is 1.65 bits per heavy atom. The molecule has 55 heavy (non-hydrogen) atoms. The molecule has 2 unspecified atom stereocenters. The molecule has 4 aromatic rings. The van der Waals surface area contributed by atoms with Crippen LogP contribution in [0.1, 0.15) is 86.5 Å². The van der Waals surface area contributed by atoms with Gasteiger partial charge in [0.2, 0.25) is 4.87 Å². The monoisotopic (exact) mass is 799 g/mol. The van der Waals surface area contributed by atoms with Gasteiger partial charge in [-0.3, -0.25) is 18.6 Å². The number of Topliss-reactive ketones (excluding diaryl/α,β-unsaturated/α-hetero) is 1. The van der Waals surface area contributed by atoms with E-state index < -0.39 is 26.2 Å². The van der Waals surface area contributed by atoms with E-state index in [2.05, 4.69) is 39.5 Å². The fourth-order valence-corrected chi connectivity index (χ4v) is 8.93. The Morgan fingerprint density at radius 2 is 1.13 bits per heavy atom. The second-order valence-corrected chi connectivity index (χ2v) is 16.6. The van der Waals surface area contributed by atoms with Crippen LogP contribution in [0.2, 0.25) is 0 Å². The third kappa shape index (κ3) is 8.17. The number of aryl methyl sites for hydroxylation is 2. The van der Waals surface area contributed by atoms with Gasteiger partial charge in [-0.15, -0.1) is 0 Å². The van der Waals surface area contributed by atoms with E-state index in [1.54, 1.807) is 0 Å². The van der Waals surface area contributed by atoms with Crippen molar-refractivity contribution >= 4 is 55.7 Å². The second-order valence-electron chi connectivity index (χ2n) is 14.9. The van der Waals surface area contributed by atoms with Gasteiger partial charge >= 0.3 is 0 Å². The van der Waals surface area contributed by atoms with Crippen LogP contribution < -0.4 is 10.6 Å². The number of halogens is 2. The third-order valence-corrected chi connectivity index (χ3v) is 12.0. The molecule has 8 nitrogen and oxygen atoms in total. The highest BCUT2D eigenvalue weighted by Crippen LogP contribution is 2.47. The molecule has 8 rings (SSSR count). The van der Waals surface area contributed by atoms with Crippen LogP contribution in [0.15, 0.2) is 103 Å². The predicted molar refractivity (Wildman–Crippen MR) is 218 cm³/mol. The van der Waals surface area contributed by atoms with Crippen LogP contribution in [0.4, 0.5) is 0 Å². The maximum Gasteiger partial charge on any atom is 0.256 e. The van der Waals surface area contributed by atoms with Gasteiger partial charge in [-0.05, 0) is 107 Å². The molecule has 0 radical (unpaired) electrons. The smallest absolute Gasteiger partial charge is 0.256 e. The lowest BCUT2D eigenvalue weighted by Crippen LogP contribution is -2.48. The topological polar surface area (TPSA) is 136 Å². The minimum atomic E-state index is -2.39. The Kier molecular flexibility index (Phi) is 12.4. The molecule has 2 atom stereocenters. The number of benzene rings is 4. The molecule has 2 aliphatic heterocycles. The van der Waals surface area contributed by atoms with Crippen molar-refractivity contribution in [3.63, 3.8) is 0 Å². The van der Waals surface area contributed by atoms with Gasteiger partial charge in [0.1, 0.15) is 11.3 Å². The molecule has 0 bridgehead atoms. The number of aliphatic hydroxyl groups excluding tert-OH is 1. The molecule has 2 spiro atoms. The number of carbonyl (C=O) groups is 3. The second kappa shape index (κ2) is 16.8. The number of carbonyl (C=O) groups excluding carboxylic acids is 3. The van der Waals surface area contributed by atoms with Crippen molar-refractivity contribution in [3.8, 4) is 22.3 Å². The van der Waals surface area contributed by atoms with Crippen molar-refractivity contribution < 1.29 is 28.3 Å². The van der Waals surface area contributed by atoms with Gasteiger partial charge in [0.05, 0.1) is 11.1 Å². The normalized spacial score (nSPS) is 21.6. The number of aliphatic hydroxyl groups is 1. The van der Waals surface area contributed by atoms with E-state index in [1.165, 1.54) is 6.42 Å². The highest BCUT2D eigenvalue weighted by molar-refractivity contribution is 8.03. The van der Waals surface area contributed by atoms with E-state index in [1.807, 2.05) is 92.7 Å². The molecule has 2 aliphatic carbocycles. The molecule has 4 aliphatic rings. The van der Waals surface area contributed by atoms with Crippen LogP contribution >= 0.6 is 22.3 Å². The first-order valence-electron chi connectivity index (χ1n) is 18.7. The first-order chi connectivity index (χ1) is 26.3. The van der Waals surface area contributed by atoms with E-state index in [0.29, 0.717) is 24.0 Å². The Labute approximate surface area is 334 Å². The number of rotatable bonds is 4. The SMILES string of the molecule is Cc1ccc(-c2ccccc2)cc1C1(Cl)C(=O)NC2(CCCCC2)C1=O.Cc1ccc(-c2ccccc2)cc1C1=C(O)C2(CCCCC2)NC1=O.O=S([O-])Cl.